The number of nitrogens with two attached hydrogens (primary N) is 1. The van der Waals surface area contributed by atoms with E-state index in [2.05, 4.69) is 33.0 Å². The summed E-state index contributed by atoms with van der Waals surface area (Å²) in [7, 11) is 0. The molecule has 2 rings (SSSR count). The van der Waals surface area contributed by atoms with E-state index in [1.54, 1.807) is 0 Å². The predicted octanol–water partition coefficient (Wildman–Crippen LogP) is 3.61. The van der Waals surface area contributed by atoms with Gasteiger partial charge in [0.2, 0.25) is 0 Å². The van der Waals surface area contributed by atoms with Gasteiger partial charge < -0.3 is 10.3 Å². The van der Waals surface area contributed by atoms with Gasteiger partial charge in [-0.15, -0.1) is 0 Å². The van der Waals surface area contributed by atoms with Crippen LogP contribution in [0.2, 0.25) is 0 Å². The lowest BCUT2D eigenvalue weighted by molar-refractivity contribution is 0.413. The Balaban J connectivity index is 2.29. The molecule has 1 aromatic heterocycles. The second-order valence-corrected chi connectivity index (χ2v) is 5.29. The fourth-order valence-electron chi connectivity index (χ4n) is 1.80. The van der Waals surface area contributed by atoms with E-state index >= 15 is 0 Å². The first-order valence-corrected chi connectivity index (χ1v) is 6.76. The summed E-state index contributed by atoms with van der Waals surface area (Å²) in [6.07, 6.45) is 1.86. The molecule has 96 valence electrons. The number of hydrogen-bond donors (Lipinski definition) is 1. The van der Waals surface area contributed by atoms with E-state index in [-0.39, 0.29) is 6.04 Å². The molecule has 2 aromatic rings. The first-order chi connectivity index (χ1) is 8.60. The third kappa shape index (κ3) is 2.97. The van der Waals surface area contributed by atoms with Crippen molar-refractivity contribution in [3.8, 4) is 11.5 Å². The van der Waals surface area contributed by atoms with Gasteiger partial charge in [0, 0.05) is 10.0 Å². The van der Waals surface area contributed by atoms with E-state index in [1.165, 1.54) is 0 Å². The van der Waals surface area contributed by atoms with Crippen molar-refractivity contribution in [1.29, 1.82) is 0 Å². The predicted molar refractivity (Wildman–Crippen MR) is 74.0 cm³/mol. The van der Waals surface area contributed by atoms with Crippen LogP contribution in [-0.2, 0) is 0 Å². The third-order valence-electron chi connectivity index (χ3n) is 2.66. The molecule has 18 heavy (non-hydrogen) atoms. The Morgan fingerprint density at radius 2 is 2.17 bits per heavy atom. The van der Waals surface area contributed by atoms with Crippen LogP contribution in [0.25, 0.3) is 11.5 Å². The lowest BCUT2D eigenvalue weighted by Crippen LogP contribution is -2.11. The van der Waals surface area contributed by atoms with Crippen LogP contribution >= 0.6 is 15.9 Å². The van der Waals surface area contributed by atoms with E-state index in [0.29, 0.717) is 11.7 Å². The number of benzene rings is 1. The van der Waals surface area contributed by atoms with Crippen molar-refractivity contribution < 1.29 is 4.52 Å². The molecule has 0 aliphatic heterocycles. The summed E-state index contributed by atoms with van der Waals surface area (Å²) in [6.45, 7) is 4.10. The summed E-state index contributed by atoms with van der Waals surface area (Å²) in [5, 5.41) is 3.94. The Labute approximate surface area is 115 Å². The van der Waals surface area contributed by atoms with Crippen molar-refractivity contribution in [2.75, 3.05) is 0 Å². The van der Waals surface area contributed by atoms with Crippen molar-refractivity contribution in [3.05, 3.63) is 34.1 Å². The second-order valence-electron chi connectivity index (χ2n) is 4.37. The van der Waals surface area contributed by atoms with Crippen molar-refractivity contribution in [1.82, 2.24) is 10.1 Å². The van der Waals surface area contributed by atoms with Crippen LogP contribution in [0.1, 0.15) is 37.2 Å². The Bertz CT molecular complexity index is 519. The van der Waals surface area contributed by atoms with Crippen molar-refractivity contribution in [2.45, 2.75) is 32.7 Å². The van der Waals surface area contributed by atoms with Gasteiger partial charge in [0.15, 0.2) is 5.82 Å². The van der Waals surface area contributed by atoms with Crippen LogP contribution in [0, 0.1) is 6.92 Å². The zero-order valence-corrected chi connectivity index (χ0v) is 12.1. The zero-order valence-electron chi connectivity index (χ0n) is 10.5. The van der Waals surface area contributed by atoms with Gasteiger partial charge in [-0.1, -0.05) is 34.4 Å². The van der Waals surface area contributed by atoms with Gasteiger partial charge >= 0.3 is 0 Å². The number of halogens is 1. The highest BCUT2D eigenvalue weighted by Crippen LogP contribution is 2.24. The molecule has 0 saturated heterocycles. The summed E-state index contributed by atoms with van der Waals surface area (Å²) in [5.41, 5.74) is 8.01. The van der Waals surface area contributed by atoms with E-state index < -0.39 is 0 Å². The Hall–Kier alpha value is -1.20. The SMILES string of the molecule is CCCC(N)c1noc(-c2cc(C)cc(Br)c2)n1. The number of hydrogen-bond acceptors (Lipinski definition) is 4. The molecule has 0 fully saturated rings. The van der Waals surface area contributed by atoms with Crippen LogP contribution < -0.4 is 5.73 Å². The highest BCUT2D eigenvalue weighted by atomic mass is 79.9. The van der Waals surface area contributed by atoms with E-state index in [0.717, 1.165) is 28.4 Å². The molecule has 0 aliphatic rings. The third-order valence-corrected chi connectivity index (χ3v) is 3.12. The Morgan fingerprint density at radius 3 is 2.83 bits per heavy atom. The molecule has 4 nitrogen and oxygen atoms in total. The maximum absolute atomic E-state index is 5.96. The smallest absolute Gasteiger partial charge is 0.258 e. The molecule has 0 bridgehead atoms. The standard InChI is InChI=1S/C13H16BrN3O/c1-3-4-11(15)12-16-13(18-17-12)9-5-8(2)6-10(14)7-9/h5-7,11H,3-4,15H2,1-2H3. The summed E-state index contributed by atoms with van der Waals surface area (Å²) in [6, 6.07) is 5.84. The van der Waals surface area contributed by atoms with Gasteiger partial charge in [0.25, 0.3) is 5.89 Å². The molecule has 0 spiro atoms. The summed E-state index contributed by atoms with van der Waals surface area (Å²) >= 11 is 3.46. The van der Waals surface area contributed by atoms with Gasteiger partial charge in [0.1, 0.15) is 0 Å². The topological polar surface area (TPSA) is 64.9 Å². The molecule has 1 aromatic carbocycles. The highest BCUT2D eigenvalue weighted by molar-refractivity contribution is 9.10. The minimum atomic E-state index is -0.152. The average molecular weight is 310 g/mol. The Morgan fingerprint density at radius 1 is 1.39 bits per heavy atom. The fraction of sp³-hybridized carbons (Fsp3) is 0.385. The fourth-order valence-corrected chi connectivity index (χ4v) is 2.41. The second kappa shape index (κ2) is 5.63. The van der Waals surface area contributed by atoms with Crippen LogP contribution in [0.3, 0.4) is 0 Å². The van der Waals surface area contributed by atoms with E-state index in [1.807, 2.05) is 25.1 Å². The molecular formula is C13H16BrN3O. The number of aromatic nitrogens is 2. The molecule has 5 heteroatoms. The van der Waals surface area contributed by atoms with Crippen LogP contribution in [0.4, 0.5) is 0 Å². The molecule has 0 amide bonds. The average Bonchev–Trinajstić information content (AvgIpc) is 2.77. The van der Waals surface area contributed by atoms with Gasteiger partial charge in [-0.25, -0.2) is 0 Å². The summed E-state index contributed by atoms with van der Waals surface area (Å²) < 4.78 is 6.26. The van der Waals surface area contributed by atoms with E-state index in [4.69, 9.17) is 10.3 Å². The molecule has 1 heterocycles. The Kier molecular flexibility index (Phi) is 4.14. The maximum atomic E-state index is 5.96. The zero-order chi connectivity index (χ0) is 13.1. The molecule has 1 atom stereocenters. The molecule has 1 unspecified atom stereocenters. The first kappa shape index (κ1) is 13.2. The molecular weight excluding hydrogens is 294 g/mol. The number of rotatable bonds is 4. The molecule has 0 radical (unpaired) electrons. The quantitative estimate of drug-likeness (QED) is 0.937. The molecule has 0 saturated carbocycles. The van der Waals surface area contributed by atoms with Gasteiger partial charge in [0.05, 0.1) is 6.04 Å². The molecule has 0 aliphatic carbocycles. The van der Waals surface area contributed by atoms with Crippen molar-refractivity contribution >= 4 is 15.9 Å². The number of aryl methyl sites for hydroxylation is 1. The first-order valence-electron chi connectivity index (χ1n) is 5.97. The van der Waals surface area contributed by atoms with Crippen LogP contribution in [0.15, 0.2) is 27.2 Å². The minimum absolute atomic E-state index is 0.152. The summed E-state index contributed by atoms with van der Waals surface area (Å²) in [4.78, 5) is 4.36. The normalized spacial score (nSPS) is 12.7. The van der Waals surface area contributed by atoms with Crippen molar-refractivity contribution in [3.63, 3.8) is 0 Å². The van der Waals surface area contributed by atoms with Crippen LogP contribution in [-0.4, -0.2) is 10.1 Å². The monoisotopic (exact) mass is 309 g/mol. The highest BCUT2D eigenvalue weighted by Gasteiger charge is 2.14. The lowest BCUT2D eigenvalue weighted by atomic mass is 10.1. The minimum Gasteiger partial charge on any atom is -0.334 e. The molecule has 2 N–H and O–H groups in total. The lowest BCUT2D eigenvalue weighted by Gasteiger charge is -2.02. The van der Waals surface area contributed by atoms with Gasteiger partial charge in [-0.05, 0) is 37.1 Å². The van der Waals surface area contributed by atoms with Gasteiger partial charge in [-0.3, -0.25) is 0 Å². The maximum Gasteiger partial charge on any atom is 0.258 e. The van der Waals surface area contributed by atoms with Crippen molar-refractivity contribution in [2.24, 2.45) is 5.73 Å². The summed E-state index contributed by atoms with van der Waals surface area (Å²) in [5.74, 6) is 1.09. The van der Waals surface area contributed by atoms with Gasteiger partial charge in [-0.2, -0.15) is 4.98 Å². The number of nitrogens with zero attached hydrogens (tertiary/aromatic N) is 2. The van der Waals surface area contributed by atoms with E-state index in [9.17, 15) is 0 Å². The van der Waals surface area contributed by atoms with Crippen LogP contribution in [0.5, 0.6) is 0 Å². The largest absolute Gasteiger partial charge is 0.334 e.